The largest absolute Gasteiger partial charge is 0.861 e. The zero-order chi connectivity index (χ0) is 26.5. The number of phosphoric ester groups is 1. The highest BCUT2D eigenvalue weighted by Gasteiger charge is 2.69. The number of aliphatic hydroxyl groups is 4. The number of aliphatic imine (C=N–C) groups is 1. The Morgan fingerprint density at radius 3 is 2.41 bits per heavy atom. The summed E-state index contributed by atoms with van der Waals surface area (Å²) in [6.07, 6.45) is -13.3. The third-order valence-electron chi connectivity index (χ3n) is 7.63. The van der Waals surface area contributed by atoms with Gasteiger partial charge in [0.25, 0.3) is 0 Å². The van der Waals surface area contributed by atoms with E-state index in [-0.39, 0.29) is 0 Å². The molecule has 0 aromatic heterocycles. The summed E-state index contributed by atoms with van der Waals surface area (Å²) in [5.41, 5.74) is 0. The first-order valence-electron chi connectivity index (χ1n) is 11.3. The van der Waals surface area contributed by atoms with E-state index in [1.165, 1.54) is 0 Å². The van der Waals surface area contributed by atoms with Crippen molar-refractivity contribution in [1.29, 1.82) is 0 Å². The molecule has 0 aromatic carbocycles. The number of aliphatic hydroxyl groups excluding tert-OH is 4. The lowest BCUT2D eigenvalue weighted by molar-refractivity contribution is -0.249. The summed E-state index contributed by atoms with van der Waals surface area (Å²) in [6, 6.07) is -4.86. The van der Waals surface area contributed by atoms with Gasteiger partial charge in [0.2, 0.25) is 5.91 Å². The first-order chi connectivity index (χ1) is 17.4. The molecule has 6 aliphatic rings. The molecule has 18 nitrogen and oxygen atoms in total. The van der Waals surface area contributed by atoms with Crippen molar-refractivity contribution in [2.75, 3.05) is 13.2 Å². The molecular formula is C18H22N4O14P-. The predicted octanol–water partition coefficient (Wildman–Crippen LogP) is -5.24. The normalized spacial score (nSPS) is 51.2. The number of carbonyl (C=O) groups is 3. The molecular weight excluding hydrogens is 527 g/mol. The van der Waals surface area contributed by atoms with Gasteiger partial charge in [-0.1, -0.05) is 0 Å². The molecule has 1 saturated carbocycles. The zero-order valence-electron chi connectivity index (χ0n) is 18.5. The van der Waals surface area contributed by atoms with Crippen molar-refractivity contribution in [3.8, 4) is 0 Å². The van der Waals surface area contributed by atoms with Crippen LogP contribution >= 0.6 is 7.82 Å². The molecule has 0 spiro atoms. The number of urea groups is 2. The van der Waals surface area contributed by atoms with Crippen LogP contribution in [-0.4, -0.2) is 133 Å². The van der Waals surface area contributed by atoms with Crippen LogP contribution in [0, 0.1) is 11.8 Å². The van der Waals surface area contributed by atoms with E-state index in [2.05, 4.69) is 4.99 Å². The number of fused-ring (bicyclic) bond motifs is 7. The molecule has 6 rings (SSSR count). The van der Waals surface area contributed by atoms with Gasteiger partial charge in [0, 0.05) is 5.92 Å². The Labute approximate surface area is 206 Å². The van der Waals surface area contributed by atoms with Crippen molar-refractivity contribution < 1.29 is 67.9 Å². The molecule has 4 bridgehead atoms. The number of nitrogens with one attached hydrogen (secondary N) is 1. The number of nitrogens with zero attached hydrogens (tertiary/aromatic N) is 3. The van der Waals surface area contributed by atoms with Crippen LogP contribution in [0.4, 0.5) is 9.59 Å². The highest BCUT2D eigenvalue weighted by atomic mass is 31.2. The van der Waals surface area contributed by atoms with Crippen molar-refractivity contribution in [3.63, 3.8) is 0 Å². The average molecular weight is 549 g/mol. The molecule has 13 atom stereocenters. The molecule has 19 heteroatoms. The van der Waals surface area contributed by atoms with Gasteiger partial charge in [-0.25, -0.2) is 19.1 Å². The van der Waals surface area contributed by atoms with Gasteiger partial charge in [-0.2, -0.15) is 0 Å². The van der Waals surface area contributed by atoms with E-state index in [4.69, 9.17) is 18.5 Å². The summed E-state index contributed by atoms with van der Waals surface area (Å²) in [4.78, 5) is 53.9. The van der Waals surface area contributed by atoms with Crippen molar-refractivity contribution in [2.45, 2.75) is 61.2 Å². The lowest BCUT2D eigenvalue weighted by Crippen LogP contribution is -2.83. The van der Waals surface area contributed by atoms with Gasteiger partial charge >= 0.3 is 19.9 Å². The molecule has 5 fully saturated rings. The van der Waals surface area contributed by atoms with E-state index in [0.717, 1.165) is 9.80 Å². The Morgan fingerprint density at radius 1 is 1.03 bits per heavy atom. The zero-order valence-corrected chi connectivity index (χ0v) is 19.4. The maximum atomic E-state index is 13.0. The topological polar surface area (TPSA) is 260 Å². The van der Waals surface area contributed by atoms with Crippen molar-refractivity contribution in [2.24, 2.45) is 16.8 Å². The smallest absolute Gasteiger partial charge is 0.472 e. The van der Waals surface area contributed by atoms with Gasteiger partial charge in [-0.3, -0.25) is 29.0 Å². The Bertz CT molecular complexity index is 1120. The first kappa shape index (κ1) is 25.1. The molecule has 1 aliphatic carbocycles. The minimum absolute atomic E-state index is 0.815. The van der Waals surface area contributed by atoms with Crippen LogP contribution in [0.3, 0.4) is 0 Å². The number of rotatable bonds is 1. The van der Waals surface area contributed by atoms with E-state index in [1.807, 2.05) is 5.32 Å². The predicted molar refractivity (Wildman–Crippen MR) is 108 cm³/mol. The molecule has 6 N–H and O–H groups in total. The minimum atomic E-state index is -5.02. The summed E-state index contributed by atoms with van der Waals surface area (Å²) in [7, 11) is -5.02. The van der Waals surface area contributed by atoms with Gasteiger partial charge in [-0.15, -0.1) is 0 Å². The van der Waals surface area contributed by atoms with Crippen molar-refractivity contribution >= 4 is 31.7 Å². The van der Waals surface area contributed by atoms with Crippen LogP contribution in [-0.2, 0) is 27.9 Å². The fourth-order valence-corrected chi connectivity index (χ4v) is 6.94. The van der Waals surface area contributed by atoms with Gasteiger partial charge in [0.05, 0.1) is 31.2 Å². The monoisotopic (exact) mass is 549 g/mol. The maximum Gasteiger partial charge on any atom is 0.472 e. The van der Waals surface area contributed by atoms with Gasteiger partial charge in [0.1, 0.15) is 36.6 Å². The standard InChI is InChI=1S/C18H23N4O14P/c23-1-3-12-11(26)16(34-3)22-8-6(14(28)20-18(22)30)5-7(8)21(17(29)19-13(5)27)15-10(25)9(24)4(35-15)2-33-37(31,32)36-12/h3-12,15-16,23-26H,1-2H2,(H,31,32)(H,19,27,29)(H,20,28,30)/p-1/t3-,4-,5+,6+,7+,8+,9?,10?,11?,12?,15+,16+/m1/s1. The van der Waals surface area contributed by atoms with Crippen LogP contribution in [0.2, 0.25) is 0 Å². The number of imide groups is 1. The van der Waals surface area contributed by atoms with Gasteiger partial charge in [0.15, 0.2) is 12.5 Å². The van der Waals surface area contributed by atoms with Crippen LogP contribution in [0.5, 0.6) is 0 Å². The van der Waals surface area contributed by atoms with E-state index in [1.54, 1.807) is 0 Å². The van der Waals surface area contributed by atoms with Gasteiger partial charge in [-0.05, 0) is 5.90 Å². The molecule has 4 saturated heterocycles. The van der Waals surface area contributed by atoms with Crippen LogP contribution < -0.4 is 10.4 Å². The molecule has 0 radical (unpaired) electrons. The van der Waals surface area contributed by atoms with Crippen LogP contribution in [0.1, 0.15) is 0 Å². The summed E-state index contributed by atoms with van der Waals surface area (Å²) in [5.74, 6) is -4.32. The third kappa shape index (κ3) is 3.49. The summed E-state index contributed by atoms with van der Waals surface area (Å²) < 4.78 is 33.7. The summed E-state index contributed by atoms with van der Waals surface area (Å²) in [5, 5.41) is 56.6. The second-order valence-corrected chi connectivity index (χ2v) is 10.9. The fourth-order valence-electron chi connectivity index (χ4n) is 5.98. The Balaban J connectivity index is 1.48. The van der Waals surface area contributed by atoms with E-state index in [0.29, 0.717) is 0 Å². The number of hydrogen-bond acceptors (Lipinski definition) is 13. The van der Waals surface area contributed by atoms with E-state index >= 15 is 0 Å². The number of ether oxygens (including phenoxy) is 2. The first-order valence-corrected chi connectivity index (χ1v) is 12.8. The van der Waals surface area contributed by atoms with Crippen LogP contribution in [0.15, 0.2) is 4.99 Å². The number of amides is 5. The SMILES string of the molecule is O=C1NC(=O)N2[C@H]3[C@@H]1[C@@H]1C([O-])=NC(=O)N([C@@H]13)[C@H]1O[C@H](COP(=O)(O)OC3C(O)[C@@H]2O[C@@H]3CO)C(O)C1O. The van der Waals surface area contributed by atoms with Crippen molar-refractivity contribution in [1.82, 2.24) is 15.1 Å². The maximum absolute atomic E-state index is 13.0. The molecule has 5 heterocycles. The molecule has 37 heavy (non-hydrogen) atoms. The Kier molecular flexibility index (Phi) is 5.67. The second-order valence-electron chi connectivity index (χ2n) is 9.49. The van der Waals surface area contributed by atoms with E-state index < -0.39 is 118 Å². The highest BCUT2D eigenvalue weighted by molar-refractivity contribution is 7.47. The average Bonchev–Trinajstić information content (AvgIpc) is 3.26. The van der Waals surface area contributed by atoms with E-state index in [9.17, 15) is 49.4 Å². The number of hydrogen-bond donors (Lipinski definition) is 6. The highest BCUT2D eigenvalue weighted by Crippen LogP contribution is 2.52. The summed E-state index contributed by atoms with van der Waals surface area (Å²) in [6.45, 7) is -1.64. The molecule has 204 valence electrons. The lowest BCUT2D eigenvalue weighted by Gasteiger charge is -2.63. The third-order valence-corrected chi connectivity index (χ3v) is 8.61. The van der Waals surface area contributed by atoms with Gasteiger partial charge < -0.3 is 39.9 Å². The summed E-state index contributed by atoms with van der Waals surface area (Å²) >= 11 is 0. The quantitative estimate of drug-likeness (QED) is 0.167. The lowest BCUT2D eigenvalue weighted by atomic mass is 9.61. The Hall–Kier alpha value is -2.25. The molecule has 0 aromatic rings. The number of carbonyl (C=O) groups excluding carboxylic acids is 3. The number of phosphoric acid groups is 1. The molecule has 5 aliphatic heterocycles. The Morgan fingerprint density at radius 2 is 1.70 bits per heavy atom. The molecule has 5 amide bonds. The van der Waals surface area contributed by atoms with Crippen molar-refractivity contribution in [3.05, 3.63) is 0 Å². The molecule has 5 unspecified atom stereocenters. The fraction of sp³-hybridized carbons (Fsp3) is 0.778. The second kappa shape index (κ2) is 8.37. The minimum Gasteiger partial charge on any atom is -0.861 e. The van der Waals surface area contributed by atoms with Crippen LogP contribution in [0.25, 0.3) is 0 Å².